The molecule has 0 spiro atoms. The first-order valence-corrected chi connectivity index (χ1v) is 5.86. The molecule has 19 heavy (non-hydrogen) atoms. The highest BCUT2D eigenvalue weighted by Gasteiger charge is 2.21. The highest BCUT2D eigenvalue weighted by atomic mass is 19.2. The lowest BCUT2D eigenvalue weighted by Crippen LogP contribution is -2.06. The first-order chi connectivity index (χ1) is 9.10. The van der Waals surface area contributed by atoms with Crippen molar-refractivity contribution < 1.29 is 13.2 Å². The fourth-order valence-corrected chi connectivity index (χ4v) is 1.86. The van der Waals surface area contributed by atoms with E-state index in [1.165, 1.54) is 4.68 Å². The molecule has 1 aromatic carbocycles. The van der Waals surface area contributed by atoms with Crippen LogP contribution in [0, 0.1) is 17.5 Å². The van der Waals surface area contributed by atoms with Gasteiger partial charge in [0.05, 0.1) is 5.69 Å². The molecule has 0 unspecified atom stereocenters. The van der Waals surface area contributed by atoms with Crippen LogP contribution in [0.25, 0.3) is 11.3 Å². The van der Waals surface area contributed by atoms with E-state index in [0.29, 0.717) is 17.9 Å². The van der Waals surface area contributed by atoms with Gasteiger partial charge in [0.25, 0.3) is 0 Å². The third-order valence-corrected chi connectivity index (χ3v) is 2.72. The van der Waals surface area contributed by atoms with E-state index < -0.39 is 17.5 Å². The zero-order valence-electron chi connectivity index (χ0n) is 10.3. The van der Waals surface area contributed by atoms with Gasteiger partial charge in [0.15, 0.2) is 17.5 Å². The molecule has 0 saturated carbocycles. The van der Waals surface area contributed by atoms with Crippen molar-refractivity contribution >= 4 is 0 Å². The molecule has 2 rings (SSSR count). The molecule has 0 saturated heterocycles. The molecule has 0 atom stereocenters. The van der Waals surface area contributed by atoms with Crippen molar-refractivity contribution in [2.75, 3.05) is 0 Å². The molecule has 7 heteroatoms. The van der Waals surface area contributed by atoms with E-state index in [0.717, 1.165) is 18.6 Å². The molecule has 2 N–H and O–H groups in total. The summed E-state index contributed by atoms with van der Waals surface area (Å²) in [5.74, 6) is -4.00. The van der Waals surface area contributed by atoms with Gasteiger partial charge in [0, 0.05) is 18.7 Å². The van der Waals surface area contributed by atoms with Crippen molar-refractivity contribution in [2.45, 2.75) is 26.4 Å². The molecule has 1 heterocycles. The van der Waals surface area contributed by atoms with Gasteiger partial charge in [-0.2, -0.15) is 0 Å². The zero-order chi connectivity index (χ0) is 14.0. The normalized spacial score (nSPS) is 11.0. The van der Waals surface area contributed by atoms with Gasteiger partial charge in [0.2, 0.25) is 0 Å². The maximum absolute atomic E-state index is 13.8. The van der Waals surface area contributed by atoms with Crippen LogP contribution in [-0.4, -0.2) is 15.0 Å². The van der Waals surface area contributed by atoms with E-state index in [1.54, 1.807) is 0 Å². The minimum Gasteiger partial charge on any atom is -0.325 e. The molecule has 0 aliphatic carbocycles. The summed E-state index contributed by atoms with van der Waals surface area (Å²) in [7, 11) is 0. The van der Waals surface area contributed by atoms with Crippen LogP contribution in [0.4, 0.5) is 13.2 Å². The average molecular weight is 270 g/mol. The monoisotopic (exact) mass is 270 g/mol. The number of hydrogen-bond acceptors (Lipinski definition) is 3. The van der Waals surface area contributed by atoms with Crippen molar-refractivity contribution in [1.29, 1.82) is 0 Å². The molecular weight excluding hydrogens is 257 g/mol. The molecule has 0 amide bonds. The Hall–Kier alpha value is -1.89. The number of hydrogen-bond donors (Lipinski definition) is 1. The maximum atomic E-state index is 13.8. The summed E-state index contributed by atoms with van der Waals surface area (Å²) in [4.78, 5) is 0. The Morgan fingerprint density at radius 3 is 2.58 bits per heavy atom. The van der Waals surface area contributed by atoms with Crippen LogP contribution in [0.3, 0.4) is 0 Å². The highest BCUT2D eigenvalue weighted by Crippen LogP contribution is 2.27. The van der Waals surface area contributed by atoms with Crippen LogP contribution in [-0.2, 0) is 13.1 Å². The molecular formula is C12H13F3N4. The second-order valence-electron chi connectivity index (χ2n) is 4.03. The summed E-state index contributed by atoms with van der Waals surface area (Å²) in [6, 6.07) is 2.04. The van der Waals surface area contributed by atoms with Crippen molar-refractivity contribution in [2.24, 2.45) is 5.73 Å². The third-order valence-electron chi connectivity index (χ3n) is 2.72. The van der Waals surface area contributed by atoms with Crippen molar-refractivity contribution in [3.8, 4) is 11.3 Å². The van der Waals surface area contributed by atoms with E-state index in [1.807, 2.05) is 6.92 Å². The predicted octanol–water partition coefficient (Wildman–Crippen LogP) is 2.23. The fourth-order valence-electron chi connectivity index (χ4n) is 1.86. The number of rotatable bonds is 4. The summed E-state index contributed by atoms with van der Waals surface area (Å²) < 4.78 is 41.5. The minimum absolute atomic E-state index is 0.0392. The lowest BCUT2D eigenvalue weighted by Gasteiger charge is -2.08. The Balaban J connectivity index is 2.63. The Kier molecular flexibility index (Phi) is 3.84. The fraction of sp³-hybridized carbons (Fsp3) is 0.333. The molecule has 2 aromatic rings. The van der Waals surface area contributed by atoms with Crippen LogP contribution in [0.2, 0.25) is 0 Å². The summed E-state index contributed by atoms with van der Waals surface area (Å²) >= 11 is 0. The zero-order valence-corrected chi connectivity index (χ0v) is 10.3. The Bertz CT molecular complexity index is 595. The highest BCUT2D eigenvalue weighted by molar-refractivity contribution is 5.62. The summed E-state index contributed by atoms with van der Waals surface area (Å²) in [6.45, 7) is 2.44. The van der Waals surface area contributed by atoms with E-state index in [2.05, 4.69) is 10.3 Å². The lowest BCUT2D eigenvalue weighted by atomic mass is 10.1. The van der Waals surface area contributed by atoms with Crippen LogP contribution < -0.4 is 5.73 Å². The summed E-state index contributed by atoms with van der Waals surface area (Å²) in [6.07, 6.45) is 0.742. The number of nitrogens with zero attached hydrogens (tertiary/aromatic N) is 3. The number of halogens is 3. The standard InChI is InChI=1S/C12H13F3N4/c1-2-5-19-12(9(6-16)17-18-19)7-3-4-8(13)11(15)10(7)14/h3-4H,2,5-6,16H2,1H3. The molecule has 102 valence electrons. The number of aromatic nitrogens is 3. The second-order valence-corrected chi connectivity index (χ2v) is 4.03. The van der Waals surface area contributed by atoms with Gasteiger partial charge >= 0.3 is 0 Å². The SMILES string of the molecule is CCCn1nnc(CN)c1-c1ccc(F)c(F)c1F. The first-order valence-electron chi connectivity index (χ1n) is 5.86. The van der Waals surface area contributed by atoms with Crippen molar-refractivity contribution in [3.63, 3.8) is 0 Å². The number of nitrogens with two attached hydrogens (primary N) is 1. The van der Waals surface area contributed by atoms with Gasteiger partial charge in [-0.1, -0.05) is 12.1 Å². The van der Waals surface area contributed by atoms with Crippen LogP contribution in [0.15, 0.2) is 12.1 Å². The Morgan fingerprint density at radius 1 is 1.21 bits per heavy atom. The lowest BCUT2D eigenvalue weighted by molar-refractivity contribution is 0.448. The Morgan fingerprint density at radius 2 is 1.95 bits per heavy atom. The molecule has 0 radical (unpaired) electrons. The Labute approximate surface area is 108 Å². The molecule has 0 bridgehead atoms. The first kappa shape index (κ1) is 13.5. The quantitative estimate of drug-likeness (QED) is 0.867. The number of aryl methyl sites for hydroxylation is 1. The topological polar surface area (TPSA) is 56.7 Å². The van der Waals surface area contributed by atoms with Gasteiger partial charge in [-0.25, -0.2) is 17.9 Å². The second kappa shape index (κ2) is 5.40. The average Bonchev–Trinajstić information content (AvgIpc) is 2.80. The molecule has 0 aliphatic heterocycles. The molecule has 0 aliphatic rings. The number of benzene rings is 1. The molecule has 4 nitrogen and oxygen atoms in total. The van der Waals surface area contributed by atoms with Crippen LogP contribution >= 0.6 is 0 Å². The molecule has 0 fully saturated rings. The molecule has 1 aromatic heterocycles. The summed E-state index contributed by atoms with van der Waals surface area (Å²) in [5.41, 5.74) is 6.06. The van der Waals surface area contributed by atoms with Gasteiger partial charge in [0.1, 0.15) is 5.69 Å². The third kappa shape index (κ3) is 2.33. The van der Waals surface area contributed by atoms with Crippen molar-refractivity contribution in [3.05, 3.63) is 35.3 Å². The smallest absolute Gasteiger partial charge is 0.195 e. The van der Waals surface area contributed by atoms with E-state index in [4.69, 9.17) is 5.73 Å². The van der Waals surface area contributed by atoms with Gasteiger partial charge in [-0.3, -0.25) is 0 Å². The van der Waals surface area contributed by atoms with Crippen LogP contribution in [0.1, 0.15) is 19.0 Å². The van der Waals surface area contributed by atoms with Crippen molar-refractivity contribution in [1.82, 2.24) is 15.0 Å². The van der Waals surface area contributed by atoms with Gasteiger partial charge < -0.3 is 5.73 Å². The summed E-state index contributed by atoms with van der Waals surface area (Å²) in [5, 5.41) is 7.68. The minimum atomic E-state index is -1.51. The van der Waals surface area contributed by atoms with E-state index in [-0.39, 0.29) is 12.1 Å². The predicted molar refractivity (Wildman–Crippen MR) is 63.5 cm³/mol. The van der Waals surface area contributed by atoms with E-state index in [9.17, 15) is 13.2 Å². The van der Waals surface area contributed by atoms with Gasteiger partial charge in [-0.05, 0) is 18.6 Å². The van der Waals surface area contributed by atoms with Crippen LogP contribution in [0.5, 0.6) is 0 Å². The van der Waals surface area contributed by atoms with E-state index >= 15 is 0 Å². The largest absolute Gasteiger partial charge is 0.325 e. The maximum Gasteiger partial charge on any atom is 0.195 e. The van der Waals surface area contributed by atoms with Gasteiger partial charge in [-0.15, -0.1) is 5.10 Å².